The third-order valence-electron chi connectivity index (χ3n) is 4.72. The highest BCUT2D eigenvalue weighted by Gasteiger charge is 2.11. The number of amides is 1. The second kappa shape index (κ2) is 8.72. The molecule has 0 radical (unpaired) electrons. The first-order valence-corrected chi connectivity index (χ1v) is 9.01. The molecule has 1 aliphatic heterocycles. The standard InChI is InChI=1S/C21H26N2O3/c1-16-4-3-5-20(17(16)2)26-15-21(24)22-14-18-6-8-19(9-7-18)23-10-12-25-13-11-23/h3-9H,10-15H2,1-2H3,(H,22,24). The maximum absolute atomic E-state index is 12.0. The zero-order valence-electron chi connectivity index (χ0n) is 15.5. The molecule has 1 fully saturated rings. The van der Waals surface area contributed by atoms with Crippen molar-refractivity contribution >= 4 is 11.6 Å². The number of anilines is 1. The summed E-state index contributed by atoms with van der Waals surface area (Å²) < 4.78 is 11.0. The Balaban J connectivity index is 1.46. The molecule has 0 aliphatic carbocycles. The van der Waals surface area contributed by atoms with Gasteiger partial charge in [-0.1, -0.05) is 24.3 Å². The van der Waals surface area contributed by atoms with Crippen molar-refractivity contribution in [1.82, 2.24) is 5.32 Å². The number of rotatable bonds is 6. The lowest BCUT2D eigenvalue weighted by Crippen LogP contribution is -2.36. The number of ether oxygens (including phenoxy) is 2. The largest absolute Gasteiger partial charge is 0.483 e. The predicted octanol–water partition coefficient (Wildman–Crippen LogP) is 2.84. The highest BCUT2D eigenvalue weighted by Crippen LogP contribution is 2.20. The molecule has 3 rings (SSSR count). The van der Waals surface area contributed by atoms with E-state index in [0.717, 1.165) is 48.7 Å². The van der Waals surface area contributed by atoms with Gasteiger partial charge in [-0.25, -0.2) is 0 Å². The Hall–Kier alpha value is -2.53. The molecule has 0 atom stereocenters. The quantitative estimate of drug-likeness (QED) is 0.867. The minimum Gasteiger partial charge on any atom is -0.483 e. The average Bonchev–Trinajstić information content (AvgIpc) is 2.68. The smallest absolute Gasteiger partial charge is 0.258 e. The summed E-state index contributed by atoms with van der Waals surface area (Å²) in [4.78, 5) is 14.4. The van der Waals surface area contributed by atoms with E-state index < -0.39 is 0 Å². The molecule has 0 saturated carbocycles. The summed E-state index contributed by atoms with van der Waals surface area (Å²) in [7, 11) is 0. The molecule has 1 saturated heterocycles. The van der Waals surface area contributed by atoms with Gasteiger partial charge in [-0.2, -0.15) is 0 Å². The molecule has 2 aromatic carbocycles. The van der Waals surface area contributed by atoms with E-state index in [4.69, 9.17) is 9.47 Å². The molecule has 5 nitrogen and oxygen atoms in total. The lowest BCUT2D eigenvalue weighted by atomic mass is 10.1. The topological polar surface area (TPSA) is 50.8 Å². The third kappa shape index (κ3) is 4.76. The second-order valence-corrected chi connectivity index (χ2v) is 6.53. The van der Waals surface area contributed by atoms with E-state index >= 15 is 0 Å². The van der Waals surface area contributed by atoms with Crippen molar-refractivity contribution in [2.45, 2.75) is 20.4 Å². The Morgan fingerprint density at radius 2 is 1.85 bits per heavy atom. The first-order chi connectivity index (χ1) is 12.6. The van der Waals surface area contributed by atoms with Gasteiger partial charge in [0.25, 0.3) is 5.91 Å². The van der Waals surface area contributed by atoms with Crippen molar-refractivity contribution in [2.75, 3.05) is 37.8 Å². The number of hydrogen-bond donors (Lipinski definition) is 1. The Bertz CT molecular complexity index is 737. The number of hydrogen-bond acceptors (Lipinski definition) is 4. The molecular weight excluding hydrogens is 328 g/mol. The molecule has 26 heavy (non-hydrogen) atoms. The van der Waals surface area contributed by atoms with E-state index in [-0.39, 0.29) is 12.5 Å². The summed E-state index contributed by atoms with van der Waals surface area (Å²) in [5, 5.41) is 2.90. The molecule has 5 heteroatoms. The number of nitrogens with one attached hydrogen (secondary N) is 1. The molecule has 1 aliphatic rings. The molecule has 1 heterocycles. The van der Waals surface area contributed by atoms with Gasteiger partial charge in [0.05, 0.1) is 13.2 Å². The molecule has 0 bridgehead atoms. The summed E-state index contributed by atoms with van der Waals surface area (Å²) >= 11 is 0. The Morgan fingerprint density at radius 1 is 1.12 bits per heavy atom. The molecule has 1 amide bonds. The molecule has 0 aromatic heterocycles. The van der Waals surface area contributed by atoms with E-state index in [1.165, 1.54) is 5.69 Å². The number of carbonyl (C=O) groups is 1. The second-order valence-electron chi connectivity index (χ2n) is 6.53. The molecule has 2 aromatic rings. The van der Waals surface area contributed by atoms with Gasteiger partial charge >= 0.3 is 0 Å². The predicted molar refractivity (Wildman–Crippen MR) is 103 cm³/mol. The van der Waals surface area contributed by atoms with Crippen LogP contribution in [0.25, 0.3) is 0 Å². The van der Waals surface area contributed by atoms with Crippen LogP contribution in [0.1, 0.15) is 16.7 Å². The number of nitrogens with zero attached hydrogens (tertiary/aromatic N) is 1. The van der Waals surface area contributed by atoms with Crippen molar-refractivity contribution < 1.29 is 14.3 Å². The van der Waals surface area contributed by atoms with Crippen LogP contribution in [-0.2, 0) is 16.1 Å². The fourth-order valence-corrected chi connectivity index (χ4v) is 2.92. The van der Waals surface area contributed by atoms with Crippen LogP contribution in [-0.4, -0.2) is 38.8 Å². The van der Waals surface area contributed by atoms with Crippen molar-refractivity contribution in [2.24, 2.45) is 0 Å². The van der Waals surface area contributed by atoms with E-state index in [2.05, 4.69) is 34.5 Å². The zero-order valence-corrected chi connectivity index (χ0v) is 15.5. The minimum atomic E-state index is -0.122. The van der Waals surface area contributed by atoms with Gasteiger partial charge in [0.1, 0.15) is 5.75 Å². The van der Waals surface area contributed by atoms with Crippen LogP contribution in [0.2, 0.25) is 0 Å². The molecular formula is C21H26N2O3. The normalized spacial score (nSPS) is 14.2. The van der Waals surface area contributed by atoms with Crippen LogP contribution >= 0.6 is 0 Å². The fraction of sp³-hybridized carbons (Fsp3) is 0.381. The summed E-state index contributed by atoms with van der Waals surface area (Å²) in [6.45, 7) is 7.95. The van der Waals surface area contributed by atoms with Gasteiger partial charge in [-0.15, -0.1) is 0 Å². The number of benzene rings is 2. The Morgan fingerprint density at radius 3 is 2.58 bits per heavy atom. The number of morpholine rings is 1. The lowest BCUT2D eigenvalue weighted by molar-refractivity contribution is -0.123. The minimum absolute atomic E-state index is 0.0240. The maximum Gasteiger partial charge on any atom is 0.258 e. The fourth-order valence-electron chi connectivity index (χ4n) is 2.92. The summed E-state index contributed by atoms with van der Waals surface area (Å²) in [6, 6.07) is 14.2. The Labute approximate surface area is 154 Å². The van der Waals surface area contributed by atoms with E-state index in [1.54, 1.807) is 0 Å². The Kier molecular flexibility index (Phi) is 6.12. The van der Waals surface area contributed by atoms with Crippen LogP contribution in [0.4, 0.5) is 5.69 Å². The van der Waals surface area contributed by atoms with E-state index in [9.17, 15) is 4.79 Å². The molecule has 0 unspecified atom stereocenters. The first kappa shape index (κ1) is 18.3. The van der Waals surface area contributed by atoms with Crippen LogP contribution in [0, 0.1) is 13.8 Å². The monoisotopic (exact) mass is 354 g/mol. The summed E-state index contributed by atoms with van der Waals surface area (Å²) in [6.07, 6.45) is 0. The van der Waals surface area contributed by atoms with Crippen LogP contribution < -0.4 is 15.0 Å². The van der Waals surface area contributed by atoms with Gasteiger partial charge < -0.3 is 19.7 Å². The highest BCUT2D eigenvalue weighted by atomic mass is 16.5. The van der Waals surface area contributed by atoms with Gasteiger partial charge in [0, 0.05) is 25.3 Å². The van der Waals surface area contributed by atoms with Crippen molar-refractivity contribution in [3.8, 4) is 5.75 Å². The van der Waals surface area contributed by atoms with E-state index in [1.807, 2.05) is 32.0 Å². The van der Waals surface area contributed by atoms with Crippen LogP contribution in [0.5, 0.6) is 5.75 Å². The van der Waals surface area contributed by atoms with Gasteiger partial charge in [0.15, 0.2) is 6.61 Å². The van der Waals surface area contributed by atoms with Crippen LogP contribution in [0.15, 0.2) is 42.5 Å². The SMILES string of the molecule is Cc1cccc(OCC(=O)NCc2ccc(N3CCOCC3)cc2)c1C. The third-order valence-corrected chi connectivity index (χ3v) is 4.72. The number of aryl methyl sites for hydroxylation is 1. The summed E-state index contributed by atoms with van der Waals surface area (Å²) in [5.41, 5.74) is 4.49. The lowest BCUT2D eigenvalue weighted by Gasteiger charge is -2.28. The highest BCUT2D eigenvalue weighted by molar-refractivity contribution is 5.77. The molecule has 0 spiro atoms. The van der Waals surface area contributed by atoms with Gasteiger partial charge in [0.2, 0.25) is 0 Å². The molecule has 138 valence electrons. The van der Waals surface area contributed by atoms with Gasteiger partial charge in [-0.05, 0) is 48.7 Å². The van der Waals surface area contributed by atoms with Crippen molar-refractivity contribution in [3.63, 3.8) is 0 Å². The van der Waals surface area contributed by atoms with Crippen molar-refractivity contribution in [1.29, 1.82) is 0 Å². The van der Waals surface area contributed by atoms with Crippen molar-refractivity contribution in [3.05, 3.63) is 59.2 Å². The molecule has 1 N–H and O–H groups in total. The van der Waals surface area contributed by atoms with Gasteiger partial charge in [-0.3, -0.25) is 4.79 Å². The summed E-state index contributed by atoms with van der Waals surface area (Å²) in [5.74, 6) is 0.637. The van der Waals surface area contributed by atoms with Crippen LogP contribution in [0.3, 0.4) is 0 Å². The van der Waals surface area contributed by atoms with E-state index in [0.29, 0.717) is 6.54 Å². The average molecular weight is 354 g/mol. The number of carbonyl (C=O) groups excluding carboxylic acids is 1. The maximum atomic E-state index is 12.0. The zero-order chi connectivity index (χ0) is 18.4. The first-order valence-electron chi connectivity index (χ1n) is 9.01.